The molecule has 2 aromatic carbocycles. The van der Waals surface area contributed by atoms with E-state index in [-0.39, 0.29) is 0 Å². The quantitative estimate of drug-likeness (QED) is 0.819. The second kappa shape index (κ2) is 6.55. The number of thioether (sulfide) groups is 1. The van der Waals surface area contributed by atoms with Crippen molar-refractivity contribution < 1.29 is 4.74 Å². The number of ether oxygens (including phenoxy) is 1. The van der Waals surface area contributed by atoms with Crippen LogP contribution in [0.5, 0.6) is 5.75 Å². The van der Waals surface area contributed by atoms with Crippen molar-refractivity contribution in [3.63, 3.8) is 0 Å². The Morgan fingerprint density at radius 3 is 2.36 bits per heavy atom. The van der Waals surface area contributed by atoms with Gasteiger partial charge in [-0.15, -0.1) is 11.8 Å². The first-order valence-corrected chi connectivity index (χ1v) is 7.98. The number of hydrogen-bond donors (Lipinski definition) is 0. The van der Waals surface area contributed by atoms with E-state index in [1.54, 1.807) is 18.9 Å². The summed E-state index contributed by atoms with van der Waals surface area (Å²) >= 11 is 1.70. The van der Waals surface area contributed by atoms with E-state index in [4.69, 9.17) is 4.74 Å². The molecule has 0 aliphatic carbocycles. The van der Waals surface area contributed by atoms with Crippen LogP contribution in [0.1, 0.15) is 11.1 Å². The monoisotopic (exact) mass is 305 g/mol. The van der Waals surface area contributed by atoms with E-state index in [0.29, 0.717) is 5.75 Å². The molecule has 1 aliphatic heterocycles. The van der Waals surface area contributed by atoms with Gasteiger partial charge in [-0.05, 0) is 34.9 Å². The second-order valence-corrected chi connectivity index (χ2v) is 5.91. The van der Waals surface area contributed by atoms with Gasteiger partial charge in [0.15, 0.2) is 0 Å². The van der Waals surface area contributed by atoms with Crippen molar-refractivity contribution in [1.82, 2.24) is 0 Å². The molecule has 108 valence electrons. The van der Waals surface area contributed by atoms with Crippen LogP contribution in [0.4, 0.5) is 0 Å². The van der Waals surface area contributed by atoms with E-state index >= 15 is 0 Å². The SMILES string of the molecule is COc1ccc(C2=CC(c3ccccc3)=C(C#N)CS2)cc1. The van der Waals surface area contributed by atoms with Gasteiger partial charge in [-0.2, -0.15) is 5.26 Å². The van der Waals surface area contributed by atoms with Gasteiger partial charge in [0.05, 0.1) is 13.2 Å². The average molecular weight is 305 g/mol. The molecule has 0 saturated carbocycles. The van der Waals surface area contributed by atoms with E-state index < -0.39 is 0 Å². The van der Waals surface area contributed by atoms with Gasteiger partial charge in [0.2, 0.25) is 0 Å². The molecule has 2 aromatic rings. The molecule has 3 heteroatoms. The molecule has 0 amide bonds. The third-order valence-corrected chi connectivity index (χ3v) is 4.66. The lowest BCUT2D eigenvalue weighted by atomic mass is 9.99. The van der Waals surface area contributed by atoms with Gasteiger partial charge >= 0.3 is 0 Å². The molecule has 0 spiro atoms. The third kappa shape index (κ3) is 2.93. The topological polar surface area (TPSA) is 33.0 Å². The molecule has 0 fully saturated rings. The molecular formula is C19H15NOS. The van der Waals surface area contributed by atoms with Crippen LogP contribution >= 0.6 is 11.8 Å². The van der Waals surface area contributed by atoms with Crippen LogP contribution in [0.25, 0.3) is 10.5 Å². The smallest absolute Gasteiger partial charge is 0.118 e. The Morgan fingerprint density at radius 1 is 1.00 bits per heavy atom. The molecule has 0 bridgehead atoms. The van der Waals surface area contributed by atoms with E-state index in [9.17, 15) is 5.26 Å². The molecule has 0 N–H and O–H groups in total. The van der Waals surface area contributed by atoms with Crippen molar-refractivity contribution in [3.8, 4) is 11.8 Å². The maximum absolute atomic E-state index is 9.38. The number of hydrogen-bond acceptors (Lipinski definition) is 3. The zero-order valence-electron chi connectivity index (χ0n) is 12.2. The molecule has 0 saturated heterocycles. The summed E-state index contributed by atoms with van der Waals surface area (Å²) in [5.74, 6) is 1.56. The maximum Gasteiger partial charge on any atom is 0.118 e. The highest BCUT2D eigenvalue weighted by Crippen LogP contribution is 2.39. The summed E-state index contributed by atoms with van der Waals surface area (Å²) in [6, 6.07) is 20.4. The van der Waals surface area contributed by atoms with Crippen molar-refractivity contribution in [2.24, 2.45) is 0 Å². The van der Waals surface area contributed by atoms with Crippen LogP contribution in [-0.2, 0) is 0 Å². The van der Waals surface area contributed by atoms with Crippen molar-refractivity contribution >= 4 is 22.2 Å². The van der Waals surface area contributed by atoms with Crippen LogP contribution < -0.4 is 4.74 Å². The molecule has 1 heterocycles. The van der Waals surface area contributed by atoms with E-state index in [0.717, 1.165) is 28.0 Å². The van der Waals surface area contributed by atoms with Crippen molar-refractivity contribution in [1.29, 1.82) is 5.26 Å². The highest BCUT2D eigenvalue weighted by atomic mass is 32.2. The van der Waals surface area contributed by atoms with E-state index in [1.165, 1.54) is 4.91 Å². The minimum atomic E-state index is 0.707. The van der Waals surface area contributed by atoms with Gasteiger partial charge in [-0.25, -0.2) is 0 Å². The summed E-state index contributed by atoms with van der Waals surface area (Å²) in [6.07, 6.45) is 2.11. The van der Waals surface area contributed by atoms with Gasteiger partial charge in [0, 0.05) is 16.2 Å². The van der Waals surface area contributed by atoms with Crippen LogP contribution in [0, 0.1) is 11.3 Å². The van der Waals surface area contributed by atoms with Crippen molar-refractivity contribution in [3.05, 3.63) is 77.4 Å². The molecule has 1 aliphatic rings. The molecule has 0 aromatic heterocycles. The Hall–Kier alpha value is -2.44. The van der Waals surface area contributed by atoms with Gasteiger partial charge in [-0.1, -0.05) is 42.5 Å². The van der Waals surface area contributed by atoms with Crippen molar-refractivity contribution in [2.75, 3.05) is 12.9 Å². The highest BCUT2D eigenvalue weighted by molar-refractivity contribution is 8.08. The number of methoxy groups -OCH3 is 1. The van der Waals surface area contributed by atoms with E-state index in [2.05, 4.69) is 24.3 Å². The van der Waals surface area contributed by atoms with E-state index in [1.807, 2.05) is 42.5 Å². The van der Waals surface area contributed by atoms with Crippen LogP contribution in [0.2, 0.25) is 0 Å². The predicted molar refractivity (Wildman–Crippen MR) is 92.4 cm³/mol. The standard InChI is InChI=1S/C19H15NOS/c1-21-17-9-7-15(8-10-17)19-11-18(16(12-20)13-22-19)14-5-3-2-4-6-14/h2-11H,13H2,1H3. The Kier molecular flexibility index (Phi) is 4.32. The van der Waals surface area contributed by atoms with Crippen molar-refractivity contribution in [2.45, 2.75) is 0 Å². The van der Waals surface area contributed by atoms with Gasteiger partial charge in [0.1, 0.15) is 5.75 Å². The zero-order valence-corrected chi connectivity index (χ0v) is 13.1. The molecule has 0 atom stereocenters. The largest absolute Gasteiger partial charge is 0.497 e. The summed E-state index contributed by atoms with van der Waals surface area (Å²) in [4.78, 5) is 1.18. The number of nitriles is 1. The lowest BCUT2D eigenvalue weighted by Gasteiger charge is -2.17. The average Bonchev–Trinajstić information content (AvgIpc) is 2.62. The fourth-order valence-corrected chi connectivity index (χ4v) is 3.40. The fourth-order valence-electron chi connectivity index (χ4n) is 2.38. The zero-order chi connectivity index (χ0) is 15.4. The Bertz CT molecular complexity index is 767. The number of benzene rings is 2. The minimum absolute atomic E-state index is 0.707. The molecule has 0 radical (unpaired) electrons. The summed E-state index contributed by atoms with van der Waals surface area (Å²) in [7, 11) is 1.67. The normalized spacial score (nSPS) is 14.3. The molecule has 22 heavy (non-hydrogen) atoms. The lowest BCUT2D eigenvalue weighted by Crippen LogP contribution is -1.98. The van der Waals surface area contributed by atoms with Crippen LogP contribution in [-0.4, -0.2) is 12.9 Å². The first-order chi connectivity index (χ1) is 10.8. The summed E-state index contributed by atoms with van der Waals surface area (Å²) in [6.45, 7) is 0. The third-order valence-electron chi connectivity index (χ3n) is 3.57. The first-order valence-electron chi connectivity index (χ1n) is 6.99. The Balaban J connectivity index is 2.02. The number of nitrogens with zero attached hydrogens (tertiary/aromatic N) is 1. The molecule has 3 rings (SSSR count). The molecular weight excluding hydrogens is 290 g/mol. The summed E-state index contributed by atoms with van der Waals surface area (Å²) in [5.41, 5.74) is 4.09. The first kappa shape index (κ1) is 14.5. The van der Waals surface area contributed by atoms with Crippen LogP contribution in [0.15, 0.2) is 66.2 Å². The second-order valence-electron chi connectivity index (χ2n) is 4.90. The number of allylic oxidation sites excluding steroid dienone is 2. The molecule has 2 nitrogen and oxygen atoms in total. The maximum atomic E-state index is 9.38. The number of rotatable bonds is 3. The summed E-state index contributed by atoms with van der Waals surface area (Å²) < 4.78 is 5.20. The predicted octanol–water partition coefficient (Wildman–Crippen LogP) is 4.76. The van der Waals surface area contributed by atoms with Gasteiger partial charge in [-0.3, -0.25) is 0 Å². The summed E-state index contributed by atoms with van der Waals surface area (Å²) in [5, 5.41) is 9.38. The fraction of sp³-hybridized carbons (Fsp3) is 0.105. The van der Waals surface area contributed by atoms with Crippen LogP contribution in [0.3, 0.4) is 0 Å². The Labute approximate surface area is 134 Å². The minimum Gasteiger partial charge on any atom is -0.497 e. The highest BCUT2D eigenvalue weighted by Gasteiger charge is 2.16. The lowest BCUT2D eigenvalue weighted by molar-refractivity contribution is 0.415. The molecule has 0 unspecified atom stereocenters. The van der Waals surface area contributed by atoms with Gasteiger partial charge < -0.3 is 4.74 Å². The Morgan fingerprint density at radius 2 is 1.73 bits per heavy atom. The van der Waals surface area contributed by atoms with Gasteiger partial charge in [0.25, 0.3) is 0 Å².